The molecule has 9 heteroatoms. The molecule has 0 fully saturated rings. The summed E-state index contributed by atoms with van der Waals surface area (Å²) in [5.74, 6) is 0.934. The van der Waals surface area contributed by atoms with Gasteiger partial charge < -0.3 is 15.1 Å². The largest absolute Gasteiger partial charge is 0.442 e. The van der Waals surface area contributed by atoms with E-state index in [0.717, 1.165) is 36.1 Å². The van der Waals surface area contributed by atoms with Gasteiger partial charge in [0.15, 0.2) is 0 Å². The number of nitrogens with two attached hydrogens (primary N) is 1. The Labute approximate surface area is 149 Å². The monoisotopic (exact) mass is 412 g/mol. The Bertz CT molecular complexity index is 548. The molecular formula is C13H19BrCl2N4O2. The van der Waals surface area contributed by atoms with Crippen molar-refractivity contribution in [3.8, 4) is 0 Å². The fourth-order valence-corrected chi connectivity index (χ4v) is 2.24. The average molecular weight is 414 g/mol. The van der Waals surface area contributed by atoms with Gasteiger partial charge in [0, 0.05) is 6.42 Å². The Hall–Kier alpha value is -0.890. The number of nitrogens with one attached hydrogen (secondary N) is 1. The van der Waals surface area contributed by atoms with Crippen LogP contribution in [0.2, 0.25) is 0 Å². The molecule has 0 spiro atoms. The SMILES string of the molecule is Cl.Cl.NC(CCCCCC(=O)c1ncco1)c1ncc(Br)[nH]1. The van der Waals surface area contributed by atoms with Gasteiger partial charge in [0.25, 0.3) is 5.89 Å². The van der Waals surface area contributed by atoms with E-state index in [-0.39, 0.29) is 42.5 Å². The predicted octanol–water partition coefficient (Wildman–Crippen LogP) is 3.84. The van der Waals surface area contributed by atoms with Gasteiger partial charge in [0.2, 0.25) is 5.78 Å². The number of aromatic amines is 1. The van der Waals surface area contributed by atoms with Crippen LogP contribution < -0.4 is 5.73 Å². The van der Waals surface area contributed by atoms with Crippen LogP contribution in [0, 0.1) is 0 Å². The highest BCUT2D eigenvalue weighted by Crippen LogP contribution is 2.17. The maximum absolute atomic E-state index is 11.6. The molecular weight excluding hydrogens is 395 g/mol. The molecule has 0 aliphatic heterocycles. The number of carbonyl (C=O) groups is 1. The number of Topliss-reactive ketones (excluding diaryl/α,β-unsaturated/α-hetero) is 1. The van der Waals surface area contributed by atoms with E-state index in [0.29, 0.717) is 6.42 Å². The maximum atomic E-state index is 11.6. The Morgan fingerprint density at radius 2 is 2.09 bits per heavy atom. The summed E-state index contributed by atoms with van der Waals surface area (Å²) in [4.78, 5) is 22.7. The normalized spacial score (nSPS) is 11.4. The summed E-state index contributed by atoms with van der Waals surface area (Å²) in [5, 5.41) is 0. The van der Waals surface area contributed by atoms with Gasteiger partial charge in [0.1, 0.15) is 16.7 Å². The summed E-state index contributed by atoms with van der Waals surface area (Å²) in [6.45, 7) is 0. The van der Waals surface area contributed by atoms with Crippen LogP contribution in [0.5, 0.6) is 0 Å². The molecule has 3 N–H and O–H groups in total. The molecule has 1 unspecified atom stereocenters. The van der Waals surface area contributed by atoms with Crippen LogP contribution in [0.25, 0.3) is 0 Å². The molecule has 0 aliphatic carbocycles. The van der Waals surface area contributed by atoms with Crippen LogP contribution in [0.3, 0.4) is 0 Å². The fourth-order valence-electron chi connectivity index (χ4n) is 1.93. The van der Waals surface area contributed by atoms with Gasteiger partial charge in [0.05, 0.1) is 18.4 Å². The highest BCUT2D eigenvalue weighted by atomic mass is 79.9. The number of nitrogens with zero attached hydrogens (tertiary/aromatic N) is 2. The lowest BCUT2D eigenvalue weighted by molar-refractivity contribution is 0.0945. The molecule has 0 saturated carbocycles. The second-order valence-corrected chi connectivity index (χ2v) is 5.44. The topological polar surface area (TPSA) is 97.8 Å². The molecule has 2 rings (SSSR count). The van der Waals surface area contributed by atoms with E-state index in [4.69, 9.17) is 10.2 Å². The van der Waals surface area contributed by atoms with E-state index in [1.165, 1.54) is 12.5 Å². The number of H-pyrrole nitrogens is 1. The van der Waals surface area contributed by atoms with Gasteiger partial charge in [-0.25, -0.2) is 9.97 Å². The number of rotatable bonds is 8. The quantitative estimate of drug-likeness (QED) is 0.506. The maximum Gasteiger partial charge on any atom is 0.263 e. The average Bonchev–Trinajstić information content (AvgIpc) is 3.08. The number of oxazole rings is 1. The first-order chi connectivity index (χ1) is 9.66. The minimum Gasteiger partial charge on any atom is -0.442 e. The lowest BCUT2D eigenvalue weighted by Gasteiger charge is -2.07. The molecule has 0 radical (unpaired) electrons. The third kappa shape index (κ3) is 6.48. The summed E-state index contributed by atoms with van der Waals surface area (Å²) >= 11 is 3.30. The second-order valence-electron chi connectivity index (χ2n) is 4.58. The van der Waals surface area contributed by atoms with Crippen molar-refractivity contribution in [2.24, 2.45) is 5.73 Å². The number of hydrogen-bond acceptors (Lipinski definition) is 5. The molecule has 124 valence electrons. The number of unbranched alkanes of at least 4 members (excludes halogenated alkanes) is 2. The lowest BCUT2D eigenvalue weighted by atomic mass is 10.1. The number of halogens is 3. The van der Waals surface area contributed by atoms with Crippen molar-refractivity contribution >= 4 is 46.5 Å². The number of imidazole rings is 1. The molecule has 22 heavy (non-hydrogen) atoms. The van der Waals surface area contributed by atoms with Crippen molar-refractivity contribution in [2.45, 2.75) is 38.1 Å². The molecule has 2 aromatic heterocycles. The van der Waals surface area contributed by atoms with Gasteiger partial charge in [-0.1, -0.05) is 12.8 Å². The predicted molar refractivity (Wildman–Crippen MR) is 91.6 cm³/mol. The molecule has 0 amide bonds. The lowest BCUT2D eigenvalue weighted by Crippen LogP contribution is -2.11. The molecule has 2 aromatic rings. The molecule has 0 aliphatic rings. The Balaban J connectivity index is 0.00000220. The van der Waals surface area contributed by atoms with E-state index in [2.05, 4.69) is 30.9 Å². The third-order valence-electron chi connectivity index (χ3n) is 3.01. The van der Waals surface area contributed by atoms with Crippen molar-refractivity contribution in [1.29, 1.82) is 0 Å². The summed E-state index contributed by atoms with van der Waals surface area (Å²) in [7, 11) is 0. The van der Waals surface area contributed by atoms with Crippen molar-refractivity contribution in [2.75, 3.05) is 0 Å². The van der Waals surface area contributed by atoms with Crippen LogP contribution in [0.4, 0.5) is 0 Å². The van der Waals surface area contributed by atoms with E-state index < -0.39 is 0 Å². The summed E-state index contributed by atoms with van der Waals surface area (Å²) in [5.41, 5.74) is 6.02. The first-order valence-corrected chi connectivity index (χ1v) is 7.35. The Morgan fingerprint density at radius 1 is 1.32 bits per heavy atom. The standard InChI is InChI=1S/C13H17BrN4O2.2ClH/c14-11-8-17-12(18-11)9(15)4-2-1-3-5-10(19)13-16-6-7-20-13;;/h6-9H,1-5,15H2,(H,17,18);2*1H. The molecule has 0 saturated heterocycles. The molecule has 2 heterocycles. The first kappa shape index (κ1) is 21.1. The number of ketones is 1. The first-order valence-electron chi connectivity index (χ1n) is 6.55. The molecule has 1 atom stereocenters. The number of carbonyl (C=O) groups excluding carboxylic acids is 1. The van der Waals surface area contributed by atoms with Gasteiger partial charge in [-0.2, -0.15) is 0 Å². The minimum atomic E-state index is -0.0938. The van der Waals surface area contributed by atoms with Crippen molar-refractivity contribution in [1.82, 2.24) is 15.0 Å². The van der Waals surface area contributed by atoms with Crippen LogP contribution in [-0.4, -0.2) is 20.7 Å². The zero-order valence-corrected chi connectivity index (χ0v) is 15.0. The molecule has 0 bridgehead atoms. The number of hydrogen-bond donors (Lipinski definition) is 2. The summed E-state index contributed by atoms with van der Waals surface area (Å²) in [6.07, 6.45) is 8.61. The minimum absolute atomic E-state index is 0. The highest BCUT2D eigenvalue weighted by Gasteiger charge is 2.11. The zero-order valence-electron chi connectivity index (χ0n) is 11.8. The van der Waals surface area contributed by atoms with E-state index in [1.54, 1.807) is 6.20 Å². The third-order valence-corrected chi connectivity index (χ3v) is 3.41. The van der Waals surface area contributed by atoms with E-state index in [9.17, 15) is 4.79 Å². The molecule has 6 nitrogen and oxygen atoms in total. The van der Waals surface area contributed by atoms with Crippen molar-refractivity contribution in [3.63, 3.8) is 0 Å². The van der Waals surface area contributed by atoms with E-state index >= 15 is 0 Å². The smallest absolute Gasteiger partial charge is 0.263 e. The van der Waals surface area contributed by atoms with Gasteiger partial charge in [-0.05, 0) is 28.8 Å². The molecule has 0 aromatic carbocycles. The van der Waals surface area contributed by atoms with Gasteiger partial charge in [-0.3, -0.25) is 4.79 Å². The van der Waals surface area contributed by atoms with Gasteiger partial charge in [-0.15, -0.1) is 24.8 Å². The van der Waals surface area contributed by atoms with Crippen LogP contribution >= 0.6 is 40.7 Å². The van der Waals surface area contributed by atoms with Crippen molar-refractivity contribution in [3.05, 3.63) is 35.0 Å². The Morgan fingerprint density at radius 3 is 2.68 bits per heavy atom. The van der Waals surface area contributed by atoms with E-state index in [1.807, 2.05) is 0 Å². The summed E-state index contributed by atoms with van der Waals surface area (Å²) in [6, 6.07) is -0.0938. The van der Waals surface area contributed by atoms with Crippen LogP contribution in [0.15, 0.2) is 27.7 Å². The number of aromatic nitrogens is 3. The van der Waals surface area contributed by atoms with Crippen LogP contribution in [-0.2, 0) is 0 Å². The van der Waals surface area contributed by atoms with Crippen LogP contribution in [0.1, 0.15) is 54.7 Å². The van der Waals surface area contributed by atoms with Crippen molar-refractivity contribution < 1.29 is 9.21 Å². The fraction of sp³-hybridized carbons (Fsp3) is 0.462. The second kappa shape index (κ2) is 10.8. The highest BCUT2D eigenvalue weighted by molar-refractivity contribution is 9.10. The zero-order chi connectivity index (χ0) is 14.4. The van der Waals surface area contributed by atoms with Gasteiger partial charge >= 0.3 is 0 Å². The summed E-state index contributed by atoms with van der Waals surface area (Å²) < 4.78 is 5.79. The Kier molecular flexibility index (Phi) is 10.3.